The van der Waals surface area contributed by atoms with Crippen molar-refractivity contribution in [2.24, 2.45) is 0 Å². The molecule has 0 amide bonds. The second kappa shape index (κ2) is 5.95. The van der Waals surface area contributed by atoms with Gasteiger partial charge in [-0.1, -0.05) is 54.6 Å². The summed E-state index contributed by atoms with van der Waals surface area (Å²) in [5.41, 5.74) is 3.44. The van der Waals surface area contributed by atoms with Crippen molar-refractivity contribution in [1.29, 1.82) is 10.5 Å². The van der Waals surface area contributed by atoms with Gasteiger partial charge in [-0.3, -0.25) is 0 Å². The van der Waals surface area contributed by atoms with E-state index in [1.165, 1.54) is 0 Å². The van der Waals surface area contributed by atoms with E-state index in [0.717, 1.165) is 21.9 Å². The van der Waals surface area contributed by atoms with Crippen molar-refractivity contribution in [3.63, 3.8) is 0 Å². The van der Waals surface area contributed by atoms with Crippen LogP contribution in [0.2, 0.25) is 0 Å². The molecule has 0 aliphatic carbocycles. The number of rotatable bonds is 2. The average Bonchev–Trinajstić information content (AvgIpc) is 2.60. The maximum Gasteiger partial charge on any atom is 0.0998 e. The molecule has 0 atom stereocenters. The second-order valence-electron chi connectivity index (χ2n) is 4.93. The highest BCUT2D eigenvalue weighted by Gasteiger charge is 2.02. The third-order valence-electron chi connectivity index (χ3n) is 3.57. The Labute approximate surface area is 129 Å². The van der Waals surface area contributed by atoms with E-state index in [4.69, 9.17) is 5.26 Å². The van der Waals surface area contributed by atoms with Crippen molar-refractivity contribution in [2.45, 2.75) is 0 Å². The lowest BCUT2D eigenvalue weighted by Gasteiger charge is -2.04. The van der Waals surface area contributed by atoms with Crippen LogP contribution >= 0.6 is 0 Å². The first-order chi connectivity index (χ1) is 10.8. The highest BCUT2D eigenvalue weighted by molar-refractivity contribution is 5.96. The summed E-state index contributed by atoms with van der Waals surface area (Å²) in [7, 11) is 0. The van der Waals surface area contributed by atoms with Crippen LogP contribution in [-0.2, 0) is 0 Å². The topological polar surface area (TPSA) is 47.6 Å². The Bertz CT molecular complexity index is 936. The van der Waals surface area contributed by atoms with Gasteiger partial charge in [0.2, 0.25) is 0 Å². The highest BCUT2D eigenvalue weighted by atomic mass is 14.2. The Balaban J connectivity index is 2.02. The third kappa shape index (κ3) is 2.59. The number of benzene rings is 3. The molecule has 0 saturated carbocycles. The normalized spacial score (nSPS) is 10.5. The lowest BCUT2D eigenvalue weighted by Crippen LogP contribution is -1.83. The number of nitriles is 2. The van der Waals surface area contributed by atoms with Crippen LogP contribution < -0.4 is 0 Å². The zero-order valence-electron chi connectivity index (χ0n) is 11.8. The number of hydrogen-bond acceptors (Lipinski definition) is 2. The summed E-state index contributed by atoms with van der Waals surface area (Å²) in [6, 6.07) is 23.5. The summed E-state index contributed by atoms with van der Waals surface area (Å²) in [5, 5.41) is 20.0. The fourth-order valence-corrected chi connectivity index (χ4v) is 2.42. The maximum atomic E-state index is 9.19. The number of hydrogen-bond donors (Lipinski definition) is 0. The van der Waals surface area contributed by atoms with Crippen molar-refractivity contribution in [2.75, 3.05) is 0 Å². The van der Waals surface area contributed by atoms with Crippen LogP contribution in [0, 0.1) is 22.7 Å². The molecule has 0 aromatic heterocycles. The van der Waals surface area contributed by atoms with Crippen LogP contribution in [0.15, 0.2) is 60.7 Å². The minimum Gasteiger partial charge on any atom is -0.192 e. The Kier molecular flexibility index (Phi) is 3.69. The van der Waals surface area contributed by atoms with Gasteiger partial charge >= 0.3 is 0 Å². The van der Waals surface area contributed by atoms with E-state index in [0.29, 0.717) is 11.1 Å². The Morgan fingerprint density at radius 1 is 0.682 bits per heavy atom. The predicted molar refractivity (Wildman–Crippen MR) is 88.7 cm³/mol. The molecule has 0 unspecified atom stereocenters. The van der Waals surface area contributed by atoms with Crippen molar-refractivity contribution in [3.8, 4) is 12.1 Å². The Morgan fingerprint density at radius 2 is 1.41 bits per heavy atom. The van der Waals surface area contributed by atoms with Gasteiger partial charge in [-0.25, -0.2) is 0 Å². The summed E-state index contributed by atoms with van der Waals surface area (Å²) in [4.78, 5) is 0. The molecule has 0 radical (unpaired) electrons. The summed E-state index contributed by atoms with van der Waals surface area (Å²) in [6.07, 6.45) is 4.04. The molecule has 0 heterocycles. The van der Waals surface area contributed by atoms with Gasteiger partial charge in [0.25, 0.3) is 0 Å². The van der Waals surface area contributed by atoms with E-state index in [9.17, 15) is 5.26 Å². The number of fused-ring (bicyclic) bond motifs is 1. The molecule has 3 rings (SSSR count). The standard InChI is InChI=1S/C20H12N2/c21-13-16-7-5-15(6-8-16)9-10-17-11-12-18(14-22)20-4-2-1-3-19(17)20/h1-12H. The van der Waals surface area contributed by atoms with Crippen molar-refractivity contribution in [3.05, 3.63) is 82.9 Å². The van der Waals surface area contributed by atoms with Crippen LogP contribution in [0.1, 0.15) is 22.3 Å². The molecule has 2 heteroatoms. The summed E-state index contributed by atoms with van der Waals surface area (Å²) in [5.74, 6) is 0. The zero-order valence-corrected chi connectivity index (χ0v) is 11.8. The van der Waals surface area contributed by atoms with E-state index in [-0.39, 0.29) is 0 Å². The molecular formula is C20H12N2. The predicted octanol–water partition coefficient (Wildman–Crippen LogP) is 4.75. The van der Waals surface area contributed by atoms with E-state index < -0.39 is 0 Å². The van der Waals surface area contributed by atoms with Gasteiger partial charge in [0.05, 0.1) is 23.3 Å². The molecule has 0 N–H and O–H groups in total. The largest absolute Gasteiger partial charge is 0.192 e. The van der Waals surface area contributed by atoms with Crippen LogP contribution in [0.5, 0.6) is 0 Å². The van der Waals surface area contributed by atoms with E-state index in [2.05, 4.69) is 12.1 Å². The average molecular weight is 280 g/mol. The monoisotopic (exact) mass is 280 g/mol. The molecule has 2 nitrogen and oxygen atoms in total. The van der Waals surface area contributed by atoms with Gasteiger partial charge in [0.1, 0.15) is 0 Å². The highest BCUT2D eigenvalue weighted by Crippen LogP contribution is 2.24. The molecule has 0 spiro atoms. The first-order valence-electron chi connectivity index (χ1n) is 6.92. The quantitative estimate of drug-likeness (QED) is 0.636. The molecule has 22 heavy (non-hydrogen) atoms. The smallest absolute Gasteiger partial charge is 0.0998 e. The van der Waals surface area contributed by atoms with E-state index in [1.807, 2.05) is 60.7 Å². The summed E-state index contributed by atoms with van der Waals surface area (Å²) in [6.45, 7) is 0. The molecule has 0 saturated heterocycles. The van der Waals surface area contributed by atoms with Crippen LogP contribution in [0.4, 0.5) is 0 Å². The first kappa shape index (κ1) is 13.6. The Hall–Kier alpha value is -3.36. The van der Waals surface area contributed by atoms with Gasteiger partial charge < -0.3 is 0 Å². The molecular weight excluding hydrogens is 268 g/mol. The van der Waals surface area contributed by atoms with Gasteiger partial charge in [0.15, 0.2) is 0 Å². The maximum absolute atomic E-state index is 9.19. The summed E-state index contributed by atoms with van der Waals surface area (Å²) < 4.78 is 0. The third-order valence-corrected chi connectivity index (χ3v) is 3.57. The molecule has 0 aliphatic heterocycles. The molecule has 0 fully saturated rings. The Morgan fingerprint density at radius 3 is 2.09 bits per heavy atom. The molecule has 3 aromatic carbocycles. The lowest BCUT2D eigenvalue weighted by molar-refractivity contribution is 1.48. The van der Waals surface area contributed by atoms with Gasteiger partial charge in [-0.15, -0.1) is 0 Å². The SMILES string of the molecule is N#Cc1ccc(C=Cc2ccc(C#N)c3ccccc23)cc1. The molecule has 102 valence electrons. The minimum absolute atomic E-state index is 0.654. The lowest BCUT2D eigenvalue weighted by atomic mass is 9.99. The van der Waals surface area contributed by atoms with Crippen molar-refractivity contribution < 1.29 is 0 Å². The fraction of sp³-hybridized carbons (Fsp3) is 0. The van der Waals surface area contributed by atoms with Crippen molar-refractivity contribution in [1.82, 2.24) is 0 Å². The summed E-state index contributed by atoms with van der Waals surface area (Å²) >= 11 is 0. The van der Waals surface area contributed by atoms with Gasteiger partial charge in [0, 0.05) is 5.39 Å². The van der Waals surface area contributed by atoms with Crippen molar-refractivity contribution >= 4 is 22.9 Å². The van der Waals surface area contributed by atoms with Gasteiger partial charge in [-0.2, -0.15) is 10.5 Å². The number of nitrogens with zero attached hydrogens (tertiary/aromatic N) is 2. The molecule has 0 bridgehead atoms. The molecule has 3 aromatic rings. The van der Waals surface area contributed by atoms with Crippen LogP contribution in [0.25, 0.3) is 22.9 Å². The van der Waals surface area contributed by atoms with E-state index in [1.54, 1.807) is 12.1 Å². The van der Waals surface area contributed by atoms with Crippen LogP contribution in [-0.4, -0.2) is 0 Å². The molecule has 0 aliphatic rings. The minimum atomic E-state index is 0.654. The van der Waals surface area contributed by atoms with Crippen LogP contribution in [0.3, 0.4) is 0 Å². The van der Waals surface area contributed by atoms with Gasteiger partial charge in [-0.05, 0) is 34.7 Å². The zero-order chi connectivity index (χ0) is 15.4. The van der Waals surface area contributed by atoms with E-state index >= 15 is 0 Å². The second-order valence-corrected chi connectivity index (χ2v) is 4.93. The fourth-order valence-electron chi connectivity index (χ4n) is 2.42. The first-order valence-corrected chi connectivity index (χ1v) is 6.92.